The number of ether oxygens (including phenoxy) is 1. The van der Waals surface area contributed by atoms with Gasteiger partial charge >= 0.3 is 0 Å². The zero-order valence-electron chi connectivity index (χ0n) is 15.1. The number of rotatable bonds is 3. The van der Waals surface area contributed by atoms with E-state index in [4.69, 9.17) is 4.74 Å². The molecule has 5 nitrogen and oxygen atoms in total. The summed E-state index contributed by atoms with van der Waals surface area (Å²) >= 11 is 1.27. The first kappa shape index (κ1) is 18.5. The minimum absolute atomic E-state index is 0.0722. The van der Waals surface area contributed by atoms with Gasteiger partial charge in [0.05, 0.1) is 29.5 Å². The van der Waals surface area contributed by atoms with Gasteiger partial charge in [-0.25, -0.2) is 4.39 Å². The van der Waals surface area contributed by atoms with Crippen molar-refractivity contribution in [3.8, 4) is 11.8 Å². The fourth-order valence-electron chi connectivity index (χ4n) is 3.68. The number of aliphatic hydroxyl groups is 1. The number of benzene rings is 2. The molecule has 28 heavy (non-hydrogen) atoms. The topological polar surface area (TPSA) is 73.6 Å². The monoisotopic (exact) mass is 396 g/mol. The molecule has 0 aromatic heterocycles. The molecule has 0 saturated carbocycles. The molecular weight excluding hydrogens is 379 g/mol. The van der Waals surface area contributed by atoms with Crippen LogP contribution in [0.15, 0.2) is 59.1 Å². The maximum atomic E-state index is 13.3. The molecule has 1 saturated heterocycles. The smallest absolute Gasteiger partial charge is 0.231 e. The molecule has 1 N–H and O–H groups in total. The van der Waals surface area contributed by atoms with Crippen LogP contribution in [0, 0.1) is 17.1 Å². The minimum atomic E-state index is -1.60. The second kappa shape index (κ2) is 6.97. The highest BCUT2D eigenvalue weighted by atomic mass is 32.2. The van der Waals surface area contributed by atoms with Gasteiger partial charge in [-0.3, -0.25) is 9.69 Å². The van der Waals surface area contributed by atoms with Gasteiger partial charge < -0.3 is 9.84 Å². The maximum absolute atomic E-state index is 13.3. The Labute approximate surface area is 166 Å². The largest absolute Gasteiger partial charge is 0.497 e. The Morgan fingerprint density at radius 1 is 1.25 bits per heavy atom. The van der Waals surface area contributed by atoms with Gasteiger partial charge in [0, 0.05) is 17.9 Å². The molecule has 1 fully saturated rings. The molecule has 2 heterocycles. The molecule has 2 aliphatic rings. The lowest BCUT2D eigenvalue weighted by Gasteiger charge is -2.38. The molecule has 2 aromatic rings. The predicted molar refractivity (Wildman–Crippen MR) is 103 cm³/mol. The van der Waals surface area contributed by atoms with Crippen LogP contribution in [0.2, 0.25) is 0 Å². The van der Waals surface area contributed by atoms with Crippen molar-refractivity contribution in [1.82, 2.24) is 4.90 Å². The molecule has 2 aliphatic heterocycles. The van der Waals surface area contributed by atoms with Gasteiger partial charge in [0.25, 0.3) is 0 Å². The molecule has 0 unspecified atom stereocenters. The molecule has 2 atom stereocenters. The van der Waals surface area contributed by atoms with Gasteiger partial charge in [0.15, 0.2) is 5.72 Å². The third kappa shape index (κ3) is 2.86. The Morgan fingerprint density at radius 2 is 1.93 bits per heavy atom. The van der Waals surface area contributed by atoms with Crippen LogP contribution in [0.1, 0.15) is 23.5 Å². The molecule has 0 aliphatic carbocycles. The summed E-state index contributed by atoms with van der Waals surface area (Å²) in [5.74, 6) is -0.194. The van der Waals surface area contributed by atoms with Crippen molar-refractivity contribution in [2.75, 3.05) is 12.9 Å². The van der Waals surface area contributed by atoms with Crippen molar-refractivity contribution < 1.29 is 19.0 Å². The van der Waals surface area contributed by atoms with Crippen LogP contribution in [-0.2, 0) is 10.5 Å². The van der Waals surface area contributed by atoms with Crippen molar-refractivity contribution in [2.45, 2.75) is 18.1 Å². The molecule has 0 bridgehead atoms. The molecular formula is C21H17FN2O3S. The summed E-state index contributed by atoms with van der Waals surface area (Å²) in [6, 6.07) is 14.9. The third-order valence-electron chi connectivity index (χ3n) is 5.14. The summed E-state index contributed by atoms with van der Waals surface area (Å²) in [6.07, 6.45) is 0.0722. The van der Waals surface area contributed by atoms with Crippen molar-refractivity contribution in [2.24, 2.45) is 0 Å². The van der Waals surface area contributed by atoms with E-state index in [1.54, 1.807) is 19.2 Å². The molecule has 0 spiro atoms. The second-order valence-electron chi connectivity index (χ2n) is 6.70. The molecule has 0 radical (unpaired) electrons. The Morgan fingerprint density at radius 3 is 2.54 bits per heavy atom. The summed E-state index contributed by atoms with van der Waals surface area (Å²) in [7, 11) is 1.57. The lowest BCUT2D eigenvalue weighted by molar-refractivity contribution is -0.149. The van der Waals surface area contributed by atoms with E-state index in [1.165, 1.54) is 40.9 Å². The first-order valence-corrected chi connectivity index (χ1v) is 9.69. The standard InChI is InChI=1S/C21H17FN2O3S/c1-27-16-8-2-13(3-9-16)17-10-19(25)24-20(18(17)11-23)28-12-21(24,26)14-4-6-15(22)7-5-14/h2-9,17,26H,10,12H2,1H3/t17-,21+/m0/s1. The van der Waals surface area contributed by atoms with Gasteiger partial charge in [-0.2, -0.15) is 5.26 Å². The third-order valence-corrected chi connectivity index (χ3v) is 6.36. The van der Waals surface area contributed by atoms with E-state index < -0.39 is 11.5 Å². The molecule has 2 aromatic carbocycles. The first-order valence-electron chi connectivity index (χ1n) is 8.70. The second-order valence-corrected chi connectivity index (χ2v) is 7.67. The zero-order chi connectivity index (χ0) is 19.9. The number of carbonyl (C=O) groups excluding carboxylic acids is 1. The molecule has 142 valence electrons. The lowest BCUT2D eigenvalue weighted by Crippen LogP contribution is -2.48. The Bertz CT molecular complexity index is 998. The number of allylic oxidation sites excluding steroid dienone is 1. The van der Waals surface area contributed by atoms with Crippen LogP contribution in [0.3, 0.4) is 0 Å². The summed E-state index contributed by atoms with van der Waals surface area (Å²) in [5.41, 5.74) is 0.117. The van der Waals surface area contributed by atoms with Gasteiger partial charge in [-0.15, -0.1) is 11.8 Å². The Balaban J connectivity index is 1.77. The van der Waals surface area contributed by atoms with Crippen LogP contribution in [0.4, 0.5) is 4.39 Å². The van der Waals surface area contributed by atoms with Crippen molar-refractivity contribution in [3.05, 3.63) is 76.1 Å². The molecule has 7 heteroatoms. The average molecular weight is 396 g/mol. The highest BCUT2D eigenvalue weighted by Crippen LogP contribution is 2.51. The first-order chi connectivity index (χ1) is 13.5. The van der Waals surface area contributed by atoms with Gasteiger partial charge in [0.2, 0.25) is 5.91 Å². The van der Waals surface area contributed by atoms with Crippen LogP contribution in [-0.4, -0.2) is 28.8 Å². The van der Waals surface area contributed by atoms with Crippen LogP contribution < -0.4 is 4.74 Å². The predicted octanol–water partition coefficient (Wildman–Crippen LogP) is 3.48. The summed E-state index contributed by atoms with van der Waals surface area (Å²) < 4.78 is 18.5. The number of hydrogen-bond donors (Lipinski definition) is 1. The Kier molecular flexibility index (Phi) is 4.61. The minimum Gasteiger partial charge on any atom is -0.497 e. The summed E-state index contributed by atoms with van der Waals surface area (Å²) in [4.78, 5) is 14.3. The van der Waals surface area contributed by atoms with Crippen LogP contribution >= 0.6 is 11.8 Å². The van der Waals surface area contributed by atoms with E-state index >= 15 is 0 Å². The van der Waals surface area contributed by atoms with E-state index in [9.17, 15) is 19.6 Å². The summed E-state index contributed by atoms with van der Waals surface area (Å²) in [5, 5.41) is 21.5. The highest BCUT2D eigenvalue weighted by Gasteiger charge is 2.51. The quantitative estimate of drug-likeness (QED) is 0.860. The average Bonchev–Trinajstić information content (AvgIpc) is 3.07. The normalized spacial score (nSPS) is 24.1. The van der Waals surface area contributed by atoms with Gasteiger partial charge in [0.1, 0.15) is 11.6 Å². The summed E-state index contributed by atoms with van der Waals surface area (Å²) in [6.45, 7) is 0. The highest BCUT2D eigenvalue weighted by molar-refractivity contribution is 8.03. The van der Waals surface area contributed by atoms with E-state index in [-0.39, 0.29) is 24.0 Å². The number of halogens is 1. The van der Waals surface area contributed by atoms with E-state index in [0.29, 0.717) is 21.9 Å². The fourth-order valence-corrected chi connectivity index (χ4v) is 5.04. The maximum Gasteiger partial charge on any atom is 0.231 e. The number of hydrogen-bond acceptors (Lipinski definition) is 5. The molecule has 1 amide bonds. The van der Waals surface area contributed by atoms with Gasteiger partial charge in [-0.1, -0.05) is 24.3 Å². The SMILES string of the molecule is COc1ccc([C@@H]2CC(=O)N3C(=C2C#N)SC[C@@]3(O)c2ccc(F)cc2)cc1. The number of methoxy groups -OCH3 is 1. The number of amides is 1. The van der Waals surface area contributed by atoms with Crippen molar-refractivity contribution in [1.29, 1.82) is 5.26 Å². The fraction of sp³-hybridized carbons (Fsp3) is 0.238. The van der Waals surface area contributed by atoms with Crippen molar-refractivity contribution >= 4 is 17.7 Å². The lowest BCUT2D eigenvalue weighted by atomic mass is 9.85. The van der Waals surface area contributed by atoms with E-state index in [2.05, 4.69) is 6.07 Å². The van der Waals surface area contributed by atoms with Crippen LogP contribution in [0.25, 0.3) is 0 Å². The number of nitrogens with zero attached hydrogens (tertiary/aromatic N) is 2. The number of carbonyl (C=O) groups is 1. The van der Waals surface area contributed by atoms with Crippen molar-refractivity contribution in [3.63, 3.8) is 0 Å². The Hall–Kier alpha value is -2.82. The van der Waals surface area contributed by atoms with Crippen LogP contribution in [0.5, 0.6) is 5.75 Å². The number of nitriles is 1. The van der Waals surface area contributed by atoms with E-state index in [1.807, 2.05) is 12.1 Å². The molecule has 4 rings (SSSR count). The number of fused-ring (bicyclic) bond motifs is 1. The van der Waals surface area contributed by atoms with Gasteiger partial charge in [-0.05, 0) is 29.8 Å². The zero-order valence-corrected chi connectivity index (χ0v) is 15.9. The number of thioether (sulfide) groups is 1. The van der Waals surface area contributed by atoms with E-state index in [0.717, 1.165) is 5.56 Å².